The third-order valence-corrected chi connectivity index (χ3v) is 5.41. The highest BCUT2D eigenvalue weighted by Gasteiger charge is 2.14. The van der Waals surface area contributed by atoms with Gasteiger partial charge in [-0.2, -0.15) is 5.10 Å². The Balaban J connectivity index is 1.80. The minimum atomic E-state index is -1.09. The third kappa shape index (κ3) is 3.57. The quantitative estimate of drug-likeness (QED) is 0.373. The van der Waals surface area contributed by atoms with Crippen molar-refractivity contribution in [3.63, 3.8) is 0 Å². The predicted molar refractivity (Wildman–Crippen MR) is 94.0 cm³/mol. The van der Waals surface area contributed by atoms with E-state index in [0.29, 0.717) is 6.73 Å². The van der Waals surface area contributed by atoms with Crippen molar-refractivity contribution in [2.75, 3.05) is 6.61 Å². The lowest BCUT2D eigenvalue weighted by Crippen LogP contribution is -2.22. The molecule has 0 saturated heterocycles. The molecule has 126 valence electrons. The number of nitrogens with zero attached hydrogens (tertiary/aromatic N) is 6. The molecule has 0 aromatic carbocycles. The molecule has 0 saturated carbocycles. The van der Waals surface area contributed by atoms with Crippen molar-refractivity contribution in [1.82, 2.24) is 24.4 Å². The highest BCUT2D eigenvalue weighted by atomic mass is 28.3. The molecule has 0 atom stereocenters. The van der Waals surface area contributed by atoms with Gasteiger partial charge in [0.2, 0.25) is 0 Å². The van der Waals surface area contributed by atoms with Crippen molar-refractivity contribution in [3.8, 4) is 11.3 Å². The van der Waals surface area contributed by atoms with Gasteiger partial charge in [-0.1, -0.05) is 19.6 Å². The highest BCUT2D eigenvalue weighted by molar-refractivity contribution is 6.76. The molecule has 3 rings (SSSR count). The van der Waals surface area contributed by atoms with Crippen LogP contribution in [0.4, 0.5) is 0 Å². The predicted octanol–water partition coefficient (Wildman–Crippen LogP) is 3.14. The van der Waals surface area contributed by atoms with E-state index in [0.717, 1.165) is 39.7 Å². The lowest BCUT2D eigenvalue weighted by molar-refractivity contribution is 0.0899. The van der Waals surface area contributed by atoms with E-state index in [1.54, 1.807) is 6.20 Å². The molecule has 9 heteroatoms. The normalized spacial score (nSPS) is 12.0. The Hall–Kier alpha value is -2.39. The van der Waals surface area contributed by atoms with E-state index in [1.165, 1.54) is 12.5 Å². The molecule has 24 heavy (non-hydrogen) atoms. The Kier molecular flexibility index (Phi) is 4.54. The van der Waals surface area contributed by atoms with Gasteiger partial charge in [-0.25, -0.2) is 9.97 Å². The van der Waals surface area contributed by atoms with Gasteiger partial charge in [-0.3, -0.25) is 0 Å². The van der Waals surface area contributed by atoms with Gasteiger partial charge in [0.1, 0.15) is 18.7 Å². The van der Waals surface area contributed by atoms with E-state index < -0.39 is 8.07 Å². The SMILES string of the molecule is C[Si](C)(C)CCOCn1ccc2c(-c3cnn(N=O)c3)ncnc21. The summed E-state index contributed by atoms with van der Waals surface area (Å²) in [6.45, 7) is 8.20. The van der Waals surface area contributed by atoms with Gasteiger partial charge in [-0.15, -0.1) is 9.70 Å². The molecule has 0 unspecified atom stereocenters. The lowest BCUT2D eigenvalue weighted by Gasteiger charge is -2.15. The molecule has 0 spiro atoms. The van der Waals surface area contributed by atoms with Gasteiger partial charge in [0.25, 0.3) is 0 Å². The fourth-order valence-corrected chi connectivity index (χ4v) is 3.12. The first-order chi connectivity index (χ1) is 11.5. The minimum absolute atomic E-state index is 0.458. The second-order valence-corrected chi connectivity index (χ2v) is 12.4. The highest BCUT2D eigenvalue weighted by Crippen LogP contribution is 2.25. The van der Waals surface area contributed by atoms with Gasteiger partial charge in [0.05, 0.1) is 23.4 Å². The molecule has 0 fully saturated rings. The molecule has 0 amide bonds. The lowest BCUT2D eigenvalue weighted by atomic mass is 10.2. The van der Waals surface area contributed by atoms with Crippen molar-refractivity contribution in [2.45, 2.75) is 32.4 Å². The Morgan fingerprint density at radius 3 is 2.83 bits per heavy atom. The second kappa shape index (κ2) is 6.61. The number of ether oxygens (including phenoxy) is 1. The van der Waals surface area contributed by atoms with Gasteiger partial charge >= 0.3 is 0 Å². The molecule has 0 aliphatic rings. The zero-order valence-electron chi connectivity index (χ0n) is 14.0. The van der Waals surface area contributed by atoms with Crippen LogP contribution in [0, 0.1) is 4.91 Å². The number of nitroso groups, excluding NO2 is 1. The first kappa shape index (κ1) is 16.5. The number of hydrogen-bond donors (Lipinski definition) is 0. The maximum Gasteiger partial charge on any atom is 0.145 e. The molecule has 0 aliphatic carbocycles. The maximum absolute atomic E-state index is 10.5. The zero-order valence-corrected chi connectivity index (χ0v) is 15.0. The van der Waals surface area contributed by atoms with Crippen molar-refractivity contribution < 1.29 is 4.74 Å². The van der Waals surface area contributed by atoms with Gasteiger partial charge in [-0.05, 0) is 12.1 Å². The van der Waals surface area contributed by atoms with E-state index in [-0.39, 0.29) is 0 Å². The van der Waals surface area contributed by atoms with Gasteiger partial charge in [0.15, 0.2) is 0 Å². The van der Waals surface area contributed by atoms with Gasteiger partial charge < -0.3 is 9.30 Å². The van der Waals surface area contributed by atoms with Crippen LogP contribution in [0.5, 0.6) is 0 Å². The van der Waals surface area contributed by atoms with Gasteiger partial charge in [0, 0.05) is 31.8 Å². The molecular weight excluding hydrogens is 324 g/mol. The number of hydrogen-bond acceptors (Lipinski definition) is 6. The van der Waals surface area contributed by atoms with E-state index >= 15 is 0 Å². The van der Waals surface area contributed by atoms with Crippen LogP contribution in [0.25, 0.3) is 22.3 Å². The fraction of sp³-hybridized carbons (Fsp3) is 0.400. The van der Waals surface area contributed by atoms with Crippen molar-refractivity contribution in [2.24, 2.45) is 5.29 Å². The molecule has 8 nitrogen and oxygen atoms in total. The standard InChI is InChI=1S/C15H20N6O2Si/c1-24(2,3)7-6-23-11-20-5-4-13-14(16-10-17-15(13)20)12-8-18-21(9-12)19-22/h4-5,8-10H,6-7,11H2,1-3H3. The Morgan fingerprint density at radius 1 is 1.29 bits per heavy atom. The van der Waals surface area contributed by atoms with Crippen LogP contribution in [-0.2, 0) is 11.5 Å². The Morgan fingerprint density at radius 2 is 2.12 bits per heavy atom. The number of aromatic nitrogens is 5. The summed E-state index contributed by atoms with van der Waals surface area (Å²) < 4.78 is 7.75. The molecule has 0 N–H and O–H groups in total. The first-order valence-corrected chi connectivity index (χ1v) is 11.4. The molecule has 0 radical (unpaired) electrons. The second-order valence-electron chi connectivity index (χ2n) is 6.82. The van der Waals surface area contributed by atoms with Crippen LogP contribution in [0.2, 0.25) is 25.7 Å². The molecule has 3 aromatic rings. The van der Waals surface area contributed by atoms with E-state index in [2.05, 4.69) is 40.0 Å². The summed E-state index contributed by atoms with van der Waals surface area (Å²) >= 11 is 0. The van der Waals surface area contributed by atoms with Crippen LogP contribution in [0.3, 0.4) is 0 Å². The zero-order chi connectivity index (χ0) is 17.2. The summed E-state index contributed by atoms with van der Waals surface area (Å²) in [6.07, 6.45) is 6.53. The molecule has 3 aromatic heterocycles. The van der Waals surface area contributed by atoms with Crippen LogP contribution in [-0.4, -0.2) is 39.1 Å². The number of rotatable bonds is 7. The summed E-state index contributed by atoms with van der Waals surface area (Å²) in [5.41, 5.74) is 2.23. The first-order valence-electron chi connectivity index (χ1n) is 7.74. The van der Waals surface area contributed by atoms with Crippen molar-refractivity contribution >= 4 is 19.1 Å². The van der Waals surface area contributed by atoms with E-state index in [1.807, 2.05) is 16.8 Å². The monoisotopic (exact) mass is 344 g/mol. The van der Waals surface area contributed by atoms with Crippen LogP contribution in [0.15, 0.2) is 36.3 Å². The summed E-state index contributed by atoms with van der Waals surface area (Å²) in [5, 5.41) is 7.51. The average molecular weight is 344 g/mol. The Labute approximate surface area is 140 Å². The summed E-state index contributed by atoms with van der Waals surface area (Å²) in [5.74, 6) is 0. The van der Waals surface area contributed by atoms with Crippen LogP contribution >= 0.6 is 0 Å². The van der Waals surface area contributed by atoms with E-state index in [4.69, 9.17) is 4.74 Å². The van der Waals surface area contributed by atoms with Crippen LogP contribution in [0.1, 0.15) is 0 Å². The molecule has 0 aliphatic heterocycles. The minimum Gasteiger partial charge on any atom is -0.361 e. The Bertz CT molecular complexity index is 851. The molecule has 3 heterocycles. The fourth-order valence-electron chi connectivity index (χ4n) is 2.36. The molecule has 0 bridgehead atoms. The summed E-state index contributed by atoms with van der Waals surface area (Å²) in [7, 11) is -1.09. The van der Waals surface area contributed by atoms with Crippen LogP contribution < -0.4 is 0 Å². The van der Waals surface area contributed by atoms with Crippen molar-refractivity contribution in [3.05, 3.63) is 35.9 Å². The maximum atomic E-state index is 10.5. The van der Waals surface area contributed by atoms with Crippen molar-refractivity contribution in [1.29, 1.82) is 0 Å². The third-order valence-electron chi connectivity index (χ3n) is 3.71. The number of fused-ring (bicyclic) bond motifs is 1. The largest absolute Gasteiger partial charge is 0.361 e. The average Bonchev–Trinajstić information content (AvgIpc) is 3.17. The van der Waals surface area contributed by atoms with E-state index in [9.17, 15) is 4.91 Å². The summed E-state index contributed by atoms with van der Waals surface area (Å²) in [4.78, 5) is 20.2. The summed E-state index contributed by atoms with van der Waals surface area (Å²) in [6, 6.07) is 3.07. The smallest absolute Gasteiger partial charge is 0.145 e. The molecular formula is C15H20N6O2Si. The topological polar surface area (TPSA) is 87.2 Å².